The summed E-state index contributed by atoms with van der Waals surface area (Å²) < 4.78 is 0. The number of aromatic nitrogens is 3. The van der Waals surface area contributed by atoms with Crippen LogP contribution < -0.4 is 11.1 Å². The van der Waals surface area contributed by atoms with Crippen LogP contribution in [-0.2, 0) is 12.8 Å². The summed E-state index contributed by atoms with van der Waals surface area (Å²) in [6.45, 7) is 0. The number of anilines is 1. The number of carbonyl (C=O) groups is 1. The van der Waals surface area contributed by atoms with Crippen LogP contribution in [0.25, 0.3) is 0 Å². The predicted octanol–water partition coefficient (Wildman–Crippen LogP) is 2.92. The number of fused-ring (bicyclic) bond motifs is 1. The first-order chi connectivity index (χ1) is 12.2. The molecule has 0 spiro atoms. The maximum atomic E-state index is 12.6. The molecule has 6 heteroatoms. The second-order valence-corrected chi connectivity index (χ2v) is 7.32. The number of rotatable bonds is 3. The monoisotopic (exact) mass is 339 g/mol. The summed E-state index contributed by atoms with van der Waals surface area (Å²) in [5.74, 6) is 1.53. The van der Waals surface area contributed by atoms with E-state index in [1.54, 1.807) is 0 Å². The zero-order chi connectivity index (χ0) is 17.2. The topological polar surface area (TPSA) is 96.7 Å². The molecule has 2 aromatic rings. The van der Waals surface area contributed by atoms with Gasteiger partial charge in [-0.3, -0.25) is 15.2 Å². The van der Waals surface area contributed by atoms with Crippen molar-refractivity contribution in [1.29, 1.82) is 0 Å². The van der Waals surface area contributed by atoms with Crippen molar-refractivity contribution in [3.8, 4) is 0 Å². The fraction of sp³-hybridized carbons (Fsp3) is 0.526. The number of amides is 1. The van der Waals surface area contributed by atoms with Gasteiger partial charge in [-0.1, -0.05) is 18.9 Å². The van der Waals surface area contributed by atoms with Crippen LogP contribution in [0.5, 0.6) is 0 Å². The Labute approximate surface area is 147 Å². The molecule has 0 aliphatic heterocycles. The maximum absolute atomic E-state index is 12.6. The second kappa shape index (κ2) is 6.96. The lowest BCUT2D eigenvalue weighted by molar-refractivity contribution is 0.102. The zero-order valence-corrected chi connectivity index (χ0v) is 14.4. The lowest BCUT2D eigenvalue weighted by Gasteiger charge is -2.10. The summed E-state index contributed by atoms with van der Waals surface area (Å²) in [7, 11) is 0. The normalized spacial score (nSPS) is 20.9. The molecule has 2 aliphatic rings. The van der Waals surface area contributed by atoms with Crippen LogP contribution in [0, 0.1) is 0 Å². The highest BCUT2D eigenvalue weighted by atomic mass is 16.1. The Morgan fingerprint density at radius 3 is 2.84 bits per heavy atom. The van der Waals surface area contributed by atoms with Gasteiger partial charge in [0, 0.05) is 17.5 Å². The van der Waals surface area contributed by atoms with Crippen molar-refractivity contribution < 1.29 is 4.79 Å². The SMILES string of the molecule is NC1CCCc2ccc(C(=O)Nc3n[nH]c(C4CCCC4)n3)cc2C1. The molecule has 1 aromatic carbocycles. The van der Waals surface area contributed by atoms with Crippen molar-refractivity contribution in [1.82, 2.24) is 15.2 Å². The van der Waals surface area contributed by atoms with Gasteiger partial charge in [-0.25, -0.2) is 0 Å². The van der Waals surface area contributed by atoms with Crippen LogP contribution in [0.3, 0.4) is 0 Å². The Morgan fingerprint density at radius 1 is 1.16 bits per heavy atom. The van der Waals surface area contributed by atoms with Gasteiger partial charge in [-0.05, 0) is 61.8 Å². The van der Waals surface area contributed by atoms with E-state index in [9.17, 15) is 4.79 Å². The van der Waals surface area contributed by atoms with Crippen molar-refractivity contribution in [2.75, 3.05) is 5.32 Å². The molecule has 4 N–H and O–H groups in total. The van der Waals surface area contributed by atoms with Crippen LogP contribution in [0.4, 0.5) is 5.95 Å². The van der Waals surface area contributed by atoms with E-state index in [-0.39, 0.29) is 11.9 Å². The number of nitrogens with one attached hydrogen (secondary N) is 2. The Bertz CT molecular complexity index is 763. The molecule has 6 nitrogen and oxygen atoms in total. The van der Waals surface area contributed by atoms with E-state index in [4.69, 9.17) is 5.73 Å². The molecule has 2 aliphatic carbocycles. The van der Waals surface area contributed by atoms with Gasteiger partial charge in [-0.15, -0.1) is 5.10 Å². The van der Waals surface area contributed by atoms with Crippen molar-refractivity contribution in [3.05, 3.63) is 40.7 Å². The lowest BCUT2D eigenvalue weighted by Crippen LogP contribution is -2.21. The quantitative estimate of drug-likeness (QED) is 0.749. The molecule has 1 amide bonds. The van der Waals surface area contributed by atoms with Crippen molar-refractivity contribution >= 4 is 11.9 Å². The number of aryl methyl sites for hydroxylation is 1. The predicted molar refractivity (Wildman–Crippen MR) is 96.6 cm³/mol. The van der Waals surface area contributed by atoms with E-state index in [0.717, 1.165) is 44.3 Å². The molecule has 1 aromatic heterocycles. The lowest BCUT2D eigenvalue weighted by atomic mass is 9.99. The van der Waals surface area contributed by atoms with Gasteiger partial charge in [0.25, 0.3) is 5.91 Å². The molecule has 1 saturated carbocycles. The average Bonchev–Trinajstić information content (AvgIpc) is 3.24. The first-order valence-electron chi connectivity index (χ1n) is 9.30. The van der Waals surface area contributed by atoms with Crippen LogP contribution in [0.2, 0.25) is 0 Å². The highest BCUT2D eigenvalue weighted by Gasteiger charge is 2.21. The van der Waals surface area contributed by atoms with E-state index in [0.29, 0.717) is 17.4 Å². The summed E-state index contributed by atoms with van der Waals surface area (Å²) in [6.07, 6.45) is 8.80. The number of nitrogens with zero attached hydrogens (tertiary/aromatic N) is 2. The fourth-order valence-electron chi connectivity index (χ4n) is 4.03. The van der Waals surface area contributed by atoms with Crippen LogP contribution >= 0.6 is 0 Å². The van der Waals surface area contributed by atoms with Gasteiger partial charge in [-0.2, -0.15) is 4.98 Å². The minimum atomic E-state index is -0.169. The number of hydrogen-bond donors (Lipinski definition) is 3. The third-order valence-electron chi connectivity index (χ3n) is 5.44. The molecular weight excluding hydrogens is 314 g/mol. The highest BCUT2D eigenvalue weighted by Crippen LogP contribution is 2.32. The van der Waals surface area contributed by atoms with Crippen molar-refractivity contribution in [2.24, 2.45) is 5.73 Å². The molecule has 1 atom stereocenters. The Morgan fingerprint density at radius 2 is 2.00 bits per heavy atom. The highest BCUT2D eigenvalue weighted by molar-refractivity contribution is 6.03. The molecule has 0 saturated heterocycles. The van der Waals surface area contributed by atoms with Gasteiger partial charge in [0.2, 0.25) is 5.95 Å². The minimum Gasteiger partial charge on any atom is -0.327 e. The fourth-order valence-corrected chi connectivity index (χ4v) is 4.03. The van der Waals surface area contributed by atoms with E-state index in [1.165, 1.54) is 24.0 Å². The molecule has 0 bridgehead atoms. The summed E-state index contributed by atoms with van der Waals surface area (Å²) >= 11 is 0. The van der Waals surface area contributed by atoms with Crippen molar-refractivity contribution in [3.63, 3.8) is 0 Å². The van der Waals surface area contributed by atoms with Gasteiger partial charge in [0.1, 0.15) is 5.82 Å². The summed E-state index contributed by atoms with van der Waals surface area (Å²) in [5.41, 5.74) is 9.28. The van der Waals surface area contributed by atoms with Gasteiger partial charge >= 0.3 is 0 Å². The Balaban J connectivity index is 1.48. The van der Waals surface area contributed by atoms with Gasteiger partial charge in [0.05, 0.1) is 0 Å². The number of H-pyrrole nitrogens is 1. The average molecular weight is 339 g/mol. The maximum Gasteiger partial charge on any atom is 0.258 e. The standard InChI is InChI=1S/C19H25N5O/c20-16-7-3-6-12-8-9-14(10-15(12)11-16)18(25)22-19-21-17(23-24-19)13-4-1-2-5-13/h8-10,13,16H,1-7,11,20H2,(H2,21,22,23,24,25). The third kappa shape index (κ3) is 3.58. The van der Waals surface area contributed by atoms with Crippen molar-refractivity contribution in [2.45, 2.75) is 63.3 Å². The first-order valence-corrected chi connectivity index (χ1v) is 9.30. The van der Waals surface area contributed by atoms with E-state index in [1.807, 2.05) is 12.1 Å². The Kier molecular flexibility index (Phi) is 4.53. The Hall–Kier alpha value is -2.21. The zero-order valence-electron chi connectivity index (χ0n) is 14.4. The molecule has 25 heavy (non-hydrogen) atoms. The second-order valence-electron chi connectivity index (χ2n) is 7.32. The number of nitrogens with two attached hydrogens (primary N) is 1. The molecule has 4 rings (SSSR count). The van der Waals surface area contributed by atoms with Crippen LogP contribution in [0.15, 0.2) is 18.2 Å². The van der Waals surface area contributed by atoms with E-state index < -0.39 is 0 Å². The minimum absolute atomic E-state index is 0.169. The molecule has 132 valence electrons. The van der Waals surface area contributed by atoms with E-state index in [2.05, 4.69) is 26.6 Å². The first kappa shape index (κ1) is 16.3. The summed E-state index contributed by atoms with van der Waals surface area (Å²) in [6, 6.07) is 6.10. The number of aromatic amines is 1. The number of benzene rings is 1. The largest absolute Gasteiger partial charge is 0.327 e. The van der Waals surface area contributed by atoms with Gasteiger partial charge in [0.15, 0.2) is 0 Å². The third-order valence-corrected chi connectivity index (χ3v) is 5.44. The number of hydrogen-bond acceptors (Lipinski definition) is 4. The van der Waals surface area contributed by atoms with Gasteiger partial charge < -0.3 is 5.73 Å². The van der Waals surface area contributed by atoms with Crippen LogP contribution in [0.1, 0.15) is 71.8 Å². The molecule has 1 heterocycles. The smallest absolute Gasteiger partial charge is 0.258 e. The van der Waals surface area contributed by atoms with Crippen LogP contribution in [-0.4, -0.2) is 27.1 Å². The molecular formula is C19H25N5O. The number of carbonyl (C=O) groups excluding carboxylic acids is 1. The summed E-state index contributed by atoms with van der Waals surface area (Å²) in [4.78, 5) is 17.0. The molecule has 1 unspecified atom stereocenters. The summed E-state index contributed by atoms with van der Waals surface area (Å²) in [5, 5.41) is 9.94. The van der Waals surface area contributed by atoms with E-state index >= 15 is 0 Å². The molecule has 1 fully saturated rings. The molecule has 0 radical (unpaired) electrons.